The molecule has 0 bridgehead atoms. The molecule has 1 aromatic carbocycles. The molecule has 0 saturated carbocycles. The highest BCUT2D eigenvalue weighted by Crippen LogP contribution is 2.15. The van der Waals surface area contributed by atoms with Crippen LogP contribution < -0.4 is 10.1 Å². The first-order valence-corrected chi connectivity index (χ1v) is 11.3. The second-order valence-electron chi connectivity index (χ2n) is 8.34. The molecule has 0 aliphatic carbocycles. The van der Waals surface area contributed by atoms with Crippen molar-refractivity contribution < 1.29 is 14.6 Å². The third kappa shape index (κ3) is 7.96. The maximum absolute atomic E-state index is 11.8. The third-order valence-electron chi connectivity index (χ3n) is 5.82. The monoisotopic (exact) mass is 403 g/mol. The smallest absolute Gasteiger partial charge is 0.222 e. The van der Waals surface area contributed by atoms with Crippen molar-refractivity contribution >= 4 is 5.91 Å². The minimum absolute atomic E-state index is 0.284. The number of piperidine rings is 1. The number of amides is 1. The van der Waals surface area contributed by atoms with Gasteiger partial charge in [0.1, 0.15) is 18.5 Å². The summed E-state index contributed by atoms with van der Waals surface area (Å²) in [5.41, 5.74) is 1.15. The van der Waals surface area contributed by atoms with Gasteiger partial charge in [-0.1, -0.05) is 25.0 Å². The van der Waals surface area contributed by atoms with Crippen LogP contribution in [0.2, 0.25) is 0 Å². The molecule has 0 aromatic heterocycles. The molecular weight excluding hydrogens is 366 g/mol. The number of aliphatic hydroxyl groups excluding tert-OH is 1. The van der Waals surface area contributed by atoms with Gasteiger partial charge in [-0.2, -0.15) is 0 Å². The molecule has 6 nitrogen and oxygen atoms in total. The number of carbonyl (C=O) groups is 1. The highest BCUT2D eigenvalue weighted by atomic mass is 16.5. The van der Waals surface area contributed by atoms with Crippen molar-refractivity contribution in [1.29, 1.82) is 0 Å². The number of rotatable bonds is 10. The van der Waals surface area contributed by atoms with Crippen LogP contribution in [0.1, 0.15) is 50.5 Å². The maximum Gasteiger partial charge on any atom is 0.222 e. The highest BCUT2D eigenvalue weighted by molar-refractivity contribution is 5.76. The van der Waals surface area contributed by atoms with E-state index in [-0.39, 0.29) is 5.91 Å². The summed E-state index contributed by atoms with van der Waals surface area (Å²) in [5, 5.41) is 13.7. The number of carbonyl (C=O) groups excluding carboxylic acids is 1. The molecule has 1 unspecified atom stereocenters. The summed E-state index contributed by atoms with van der Waals surface area (Å²) in [4.78, 5) is 16.1. The zero-order valence-electron chi connectivity index (χ0n) is 17.7. The van der Waals surface area contributed by atoms with Crippen LogP contribution in [0.5, 0.6) is 5.75 Å². The van der Waals surface area contributed by atoms with Crippen LogP contribution in [0.15, 0.2) is 24.3 Å². The van der Waals surface area contributed by atoms with E-state index in [2.05, 4.69) is 16.3 Å². The van der Waals surface area contributed by atoms with E-state index >= 15 is 0 Å². The zero-order chi connectivity index (χ0) is 20.3. The van der Waals surface area contributed by atoms with Crippen molar-refractivity contribution in [3.63, 3.8) is 0 Å². The summed E-state index contributed by atoms with van der Waals surface area (Å²) in [5.74, 6) is 1.08. The number of hydrogen-bond donors (Lipinski definition) is 2. The first-order chi connectivity index (χ1) is 14.2. The fourth-order valence-electron chi connectivity index (χ4n) is 4.15. The van der Waals surface area contributed by atoms with Gasteiger partial charge < -0.3 is 25.0 Å². The number of β-amino-alcohol motifs (C(OH)–C–C–N with tert-alkyl or cyclic N) is 1. The lowest BCUT2D eigenvalue weighted by atomic mass is 10.1. The van der Waals surface area contributed by atoms with Crippen LogP contribution >= 0.6 is 0 Å². The lowest BCUT2D eigenvalue weighted by molar-refractivity contribution is -0.133. The molecule has 0 radical (unpaired) electrons. The number of likely N-dealkylation sites (tertiary alicyclic amines) is 2. The minimum Gasteiger partial charge on any atom is -0.491 e. The molecule has 3 rings (SSSR count). The Bertz CT molecular complexity index is 617. The minimum atomic E-state index is -0.461. The molecule has 2 heterocycles. The molecule has 2 N–H and O–H groups in total. The van der Waals surface area contributed by atoms with Crippen LogP contribution in [0.25, 0.3) is 0 Å². The average molecular weight is 404 g/mol. The Hall–Kier alpha value is -1.63. The molecule has 1 aromatic rings. The van der Waals surface area contributed by atoms with Crippen LogP contribution in [-0.2, 0) is 11.3 Å². The van der Waals surface area contributed by atoms with Crippen molar-refractivity contribution in [2.45, 2.75) is 57.6 Å². The normalized spacial score (nSPS) is 19.8. The van der Waals surface area contributed by atoms with Crippen molar-refractivity contribution in [2.75, 3.05) is 45.9 Å². The quantitative estimate of drug-likeness (QED) is 0.588. The fraction of sp³-hybridized carbons (Fsp3) is 0.696. The van der Waals surface area contributed by atoms with E-state index in [1.165, 1.54) is 25.7 Å². The van der Waals surface area contributed by atoms with Crippen molar-refractivity contribution in [2.24, 2.45) is 0 Å². The van der Waals surface area contributed by atoms with Crippen LogP contribution in [0.3, 0.4) is 0 Å². The molecule has 1 atom stereocenters. The molecule has 6 heteroatoms. The van der Waals surface area contributed by atoms with Gasteiger partial charge in [0.15, 0.2) is 0 Å². The summed E-state index contributed by atoms with van der Waals surface area (Å²) in [6, 6.07) is 8.02. The standard InChI is InChI=1S/C23H37N3O3/c27-21(18-25-12-4-1-2-5-13-25)19-29-22-9-7-8-20(16-22)17-24-11-15-26-14-6-3-10-23(26)28/h7-9,16,21,24,27H,1-6,10-15,17-19H2. The second-order valence-corrected chi connectivity index (χ2v) is 8.34. The van der Waals surface area contributed by atoms with Gasteiger partial charge in [0, 0.05) is 39.1 Å². The number of benzene rings is 1. The Kier molecular flexibility index (Phi) is 9.25. The molecular formula is C23H37N3O3. The zero-order valence-corrected chi connectivity index (χ0v) is 17.7. The van der Waals surface area contributed by atoms with Gasteiger partial charge in [0.2, 0.25) is 5.91 Å². The molecule has 162 valence electrons. The second kappa shape index (κ2) is 12.2. The molecule has 2 aliphatic rings. The lowest BCUT2D eigenvalue weighted by Gasteiger charge is -2.26. The van der Waals surface area contributed by atoms with Crippen LogP contribution in [0.4, 0.5) is 0 Å². The van der Waals surface area contributed by atoms with Crippen LogP contribution in [0, 0.1) is 0 Å². The molecule has 29 heavy (non-hydrogen) atoms. The van der Waals surface area contributed by atoms with Gasteiger partial charge in [-0.05, 0) is 56.5 Å². The Morgan fingerprint density at radius 1 is 1.07 bits per heavy atom. The first-order valence-electron chi connectivity index (χ1n) is 11.3. The number of ether oxygens (including phenoxy) is 1. The SMILES string of the molecule is O=C1CCCCN1CCNCc1cccc(OCC(O)CN2CCCCCC2)c1. The van der Waals surface area contributed by atoms with Gasteiger partial charge in [-0.15, -0.1) is 0 Å². The Morgan fingerprint density at radius 2 is 1.86 bits per heavy atom. The Balaban J connectivity index is 1.34. The van der Waals surface area contributed by atoms with Crippen molar-refractivity contribution in [1.82, 2.24) is 15.1 Å². The number of nitrogens with zero attached hydrogens (tertiary/aromatic N) is 2. The predicted octanol–water partition coefficient (Wildman–Crippen LogP) is 2.40. The van der Waals surface area contributed by atoms with Gasteiger partial charge >= 0.3 is 0 Å². The number of hydrogen-bond acceptors (Lipinski definition) is 5. The molecule has 2 saturated heterocycles. The molecule has 0 spiro atoms. The van der Waals surface area contributed by atoms with E-state index in [1.807, 2.05) is 23.1 Å². The van der Waals surface area contributed by atoms with Gasteiger partial charge in [-0.3, -0.25) is 4.79 Å². The number of aliphatic hydroxyl groups is 1. The predicted molar refractivity (Wildman–Crippen MR) is 115 cm³/mol. The lowest BCUT2D eigenvalue weighted by Crippen LogP contribution is -2.39. The van der Waals surface area contributed by atoms with E-state index in [4.69, 9.17) is 4.74 Å². The van der Waals surface area contributed by atoms with Gasteiger partial charge in [0.25, 0.3) is 0 Å². The average Bonchev–Trinajstić information content (AvgIpc) is 3.00. The van der Waals surface area contributed by atoms with E-state index in [0.717, 1.165) is 63.4 Å². The van der Waals surface area contributed by atoms with Gasteiger partial charge in [-0.25, -0.2) is 0 Å². The highest BCUT2D eigenvalue weighted by Gasteiger charge is 2.17. The summed E-state index contributed by atoms with van der Waals surface area (Å²) >= 11 is 0. The number of nitrogens with one attached hydrogen (secondary N) is 1. The maximum atomic E-state index is 11.8. The van der Waals surface area contributed by atoms with Crippen molar-refractivity contribution in [3.05, 3.63) is 29.8 Å². The van der Waals surface area contributed by atoms with E-state index in [1.54, 1.807) is 0 Å². The van der Waals surface area contributed by atoms with E-state index in [9.17, 15) is 9.90 Å². The Labute approximate surface area is 175 Å². The third-order valence-corrected chi connectivity index (χ3v) is 5.82. The molecule has 2 fully saturated rings. The summed E-state index contributed by atoms with van der Waals surface area (Å²) in [6.45, 7) is 6.39. The van der Waals surface area contributed by atoms with E-state index < -0.39 is 6.10 Å². The fourth-order valence-corrected chi connectivity index (χ4v) is 4.15. The topological polar surface area (TPSA) is 65.0 Å². The largest absolute Gasteiger partial charge is 0.491 e. The van der Waals surface area contributed by atoms with Gasteiger partial charge in [0.05, 0.1) is 0 Å². The molecule has 2 aliphatic heterocycles. The van der Waals surface area contributed by atoms with Crippen molar-refractivity contribution in [3.8, 4) is 5.75 Å². The first kappa shape index (κ1) is 22.1. The Morgan fingerprint density at radius 3 is 2.66 bits per heavy atom. The van der Waals surface area contributed by atoms with Crippen LogP contribution in [-0.4, -0.2) is 72.8 Å². The summed E-state index contributed by atoms with van der Waals surface area (Å²) < 4.78 is 5.84. The molecule has 1 amide bonds. The summed E-state index contributed by atoms with van der Waals surface area (Å²) in [7, 11) is 0. The summed E-state index contributed by atoms with van der Waals surface area (Å²) in [6.07, 6.45) is 7.46. The van der Waals surface area contributed by atoms with E-state index in [0.29, 0.717) is 19.6 Å².